The molecule has 2 N–H and O–H groups in total. The van der Waals surface area contributed by atoms with Gasteiger partial charge in [-0.15, -0.1) is 0 Å². The lowest BCUT2D eigenvalue weighted by atomic mass is 10.1. The Balaban J connectivity index is 2.14. The number of aliphatic carboxylic acids is 1. The molecule has 0 aromatic carbocycles. The lowest BCUT2D eigenvalue weighted by molar-refractivity contribution is -0.139. The van der Waals surface area contributed by atoms with E-state index in [1.54, 1.807) is 12.3 Å². The predicted molar refractivity (Wildman–Crippen MR) is 53.9 cm³/mol. The lowest BCUT2D eigenvalue weighted by Gasteiger charge is -2.27. The Kier molecular flexibility index (Phi) is 2.88. The summed E-state index contributed by atoms with van der Waals surface area (Å²) < 4.78 is 16.4. The number of furan rings is 1. The van der Waals surface area contributed by atoms with Gasteiger partial charge in [0.15, 0.2) is 0 Å². The van der Waals surface area contributed by atoms with Crippen LogP contribution in [0, 0.1) is 0 Å². The van der Waals surface area contributed by atoms with Crippen molar-refractivity contribution in [3.8, 4) is 0 Å². The zero-order valence-electron chi connectivity index (χ0n) is 7.88. The molecule has 1 aliphatic heterocycles. The largest absolute Gasteiger partial charge is 0.480 e. The van der Waals surface area contributed by atoms with E-state index in [-0.39, 0.29) is 11.8 Å². The standard InChI is InChI=1S/C9H11NO4S/c11-9(12)8-5-15(13)4-7(10-8)6-1-2-14-3-6/h1-3,7-8,10H,4-5H2,(H,11,12). The fourth-order valence-corrected chi connectivity index (χ4v) is 2.99. The molecule has 3 atom stereocenters. The van der Waals surface area contributed by atoms with Gasteiger partial charge in [0.2, 0.25) is 0 Å². The van der Waals surface area contributed by atoms with Crippen molar-refractivity contribution in [2.24, 2.45) is 0 Å². The monoisotopic (exact) mass is 229 g/mol. The second-order valence-corrected chi connectivity index (χ2v) is 4.99. The Morgan fingerprint density at radius 2 is 2.40 bits per heavy atom. The van der Waals surface area contributed by atoms with Crippen LogP contribution in [-0.4, -0.2) is 32.8 Å². The number of nitrogens with one attached hydrogen (secondary N) is 1. The van der Waals surface area contributed by atoms with Crippen LogP contribution in [0.4, 0.5) is 0 Å². The highest BCUT2D eigenvalue weighted by Gasteiger charge is 2.31. The maximum absolute atomic E-state index is 11.5. The Morgan fingerprint density at radius 3 is 3.00 bits per heavy atom. The van der Waals surface area contributed by atoms with Crippen LogP contribution in [0.15, 0.2) is 23.0 Å². The molecule has 15 heavy (non-hydrogen) atoms. The van der Waals surface area contributed by atoms with Crippen molar-refractivity contribution < 1.29 is 18.5 Å². The summed E-state index contributed by atoms with van der Waals surface area (Å²) in [6.45, 7) is 0. The van der Waals surface area contributed by atoms with Gasteiger partial charge in [-0.1, -0.05) is 0 Å². The molecule has 0 radical (unpaired) electrons. The Bertz CT molecular complexity index is 375. The topological polar surface area (TPSA) is 79.5 Å². The van der Waals surface area contributed by atoms with E-state index in [1.807, 2.05) is 0 Å². The Hall–Kier alpha value is -1.14. The average molecular weight is 229 g/mol. The maximum Gasteiger partial charge on any atom is 0.321 e. The molecule has 0 bridgehead atoms. The molecule has 0 aliphatic carbocycles. The van der Waals surface area contributed by atoms with Crippen molar-refractivity contribution in [2.45, 2.75) is 12.1 Å². The Morgan fingerprint density at radius 1 is 1.60 bits per heavy atom. The molecule has 1 aromatic rings. The number of carbonyl (C=O) groups is 1. The van der Waals surface area contributed by atoms with Crippen LogP contribution < -0.4 is 5.32 Å². The van der Waals surface area contributed by atoms with Crippen LogP contribution in [0.2, 0.25) is 0 Å². The minimum absolute atomic E-state index is 0.170. The summed E-state index contributed by atoms with van der Waals surface area (Å²) in [5, 5.41) is 11.8. The molecule has 0 saturated carbocycles. The number of rotatable bonds is 2. The van der Waals surface area contributed by atoms with Crippen molar-refractivity contribution in [3.63, 3.8) is 0 Å². The van der Waals surface area contributed by atoms with E-state index in [0.29, 0.717) is 5.75 Å². The van der Waals surface area contributed by atoms with Crippen molar-refractivity contribution in [3.05, 3.63) is 24.2 Å². The molecule has 0 amide bonds. The second kappa shape index (κ2) is 4.16. The molecule has 1 saturated heterocycles. The predicted octanol–water partition coefficient (Wildman–Crippen LogP) is 0.126. The highest BCUT2D eigenvalue weighted by molar-refractivity contribution is 7.85. The molecule has 3 unspecified atom stereocenters. The summed E-state index contributed by atoms with van der Waals surface area (Å²) in [5.74, 6) is -0.357. The van der Waals surface area contributed by atoms with Gasteiger partial charge in [-0.3, -0.25) is 14.3 Å². The average Bonchev–Trinajstić information content (AvgIpc) is 2.69. The van der Waals surface area contributed by atoms with Gasteiger partial charge in [-0.25, -0.2) is 0 Å². The van der Waals surface area contributed by atoms with Crippen molar-refractivity contribution in [1.82, 2.24) is 5.32 Å². The van der Waals surface area contributed by atoms with Gasteiger partial charge in [0, 0.05) is 33.9 Å². The molecular weight excluding hydrogens is 218 g/mol. The summed E-state index contributed by atoms with van der Waals surface area (Å²) in [6, 6.07) is 0.818. The molecule has 2 heterocycles. The second-order valence-electron chi connectivity index (χ2n) is 3.44. The van der Waals surface area contributed by atoms with Crippen LogP contribution in [0.1, 0.15) is 11.6 Å². The van der Waals surface area contributed by atoms with Gasteiger partial charge < -0.3 is 9.52 Å². The highest BCUT2D eigenvalue weighted by atomic mass is 32.2. The molecular formula is C9H11NO4S. The number of hydrogen-bond acceptors (Lipinski definition) is 4. The van der Waals surface area contributed by atoms with Crippen LogP contribution in [0.25, 0.3) is 0 Å². The summed E-state index contributed by atoms with van der Waals surface area (Å²) in [5.41, 5.74) is 0.842. The fourth-order valence-electron chi connectivity index (χ4n) is 1.59. The minimum Gasteiger partial charge on any atom is -0.480 e. The van der Waals surface area contributed by atoms with E-state index in [4.69, 9.17) is 9.52 Å². The van der Waals surface area contributed by atoms with E-state index in [0.717, 1.165) is 5.56 Å². The highest BCUT2D eigenvalue weighted by Crippen LogP contribution is 2.19. The van der Waals surface area contributed by atoms with E-state index < -0.39 is 22.8 Å². The Labute approximate surface area is 88.9 Å². The van der Waals surface area contributed by atoms with Crippen LogP contribution >= 0.6 is 0 Å². The number of carboxylic acids is 1. The number of carboxylic acid groups (broad SMARTS) is 1. The molecule has 82 valence electrons. The van der Waals surface area contributed by atoms with Crippen LogP contribution in [0.5, 0.6) is 0 Å². The summed E-state index contributed by atoms with van der Waals surface area (Å²) in [4.78, 5) is 10.8. The zero-order valence-corrected chi connectivity index (χ0v) is 8.70. The van der Waals surface area contributed by atoms with E-state index in [2.05, 4.69) is 5.32 Å². The molecule has 1 fully saturated rings. The van der Waals surface area contributed by atoms with Gasteiger partial charge in [-0.2, -0.15) is 0 Å². The smallest absolute Gasteiger partial charge is 0.321 e. The first-order chi connectivity index (χ1) is 7.16. The molecule has 6 heteroatoms. The lowest BCUT2D eigenvalue weighted by Crippen LogP contribution is -2.49. The molecule has 2 rings (SSSR count). The fraction of sp³-hybridized carbons (Fsp3) is 0.444. The van der Waals surface area contributed by atoms with Gasteiger partial charge in [0.25, 0.3) is 0 Å². The third-order valence-electron chi connectivity index (χ3n) is 2.35. The van der Waals surface area contributed by atoms with Crippen LogP contribution in [-0.2, 0) is 15.6 Å². The molecule has 1 aliphatic rings. The van der Waals surface area contributed by atoms with Gasteiger partial charge in [0.05, 0.1) is 12.5 Å². The minimum atomic E-state index is -1.09. The zero-order chi connectivity index (χ0) is 10.8. The quantitative estimate of drug-likeness (QED) is 0.753. The third-order valence-corrected chi connectivity index (χ3v) is 3.76. The first-order valence-electron chi connectivity index (χ1n) is 4.53. The summed E-state index contributed by atoms with van der Waals surface area (Å²) >= 11 is 0. The van der Waals surface area contributed by atoms with Gasteiger partial charge in [-0.05, 0) is 6.07 Å². The molecule has 1 aromatic heterocycles. The SMILES string of the molecule is O=C(O)C1CS(=O)CC(c2ccoc2)N1. The van der Waals surface area contributed by atoms with E-state index >= 15 is 0 Å². The molecule has 0 spiro atoms. The molecule has 5 nitrogen and oxygen atoms in total. The summed E-state index contributed by atoms with van der Waals surface area (Å²) in [6.07, 6.45) is 3.06. The number of hydrogen-bond donors (Lipinski definition) is 2. The first-order valence-corrected chi connectivity index (χ1v) is 6.01. The van der Waals surface area contributed by atoms with Crippen molar-refractivity contribution >= 4 is 16.8 Å². The van der Waals surface area contributed by atoms with E-state index in [9.17, 15) is 9.00 Å². The van der Waals surface area contributed by atoms with Gasteiger partial charge >= 0.3 is 5.97 Å². The van der Waals surface area contributed by atoms with Gasteiger partial charge in [0.1, 0.15) is 6.04 Å². The third kappa shape index (κ3) is 2.27. The first kappa shape index (κ1) is 10.4. The van der Waals surface area contributed by atoms with Crippen LogP contribution in [0.3, 0.4) is 0 Å². The van der Waals surface area contributed by atoms with Crippen molar-refractivity contribution in [1.29, 1.82) is 0 Å². The van der Waals surface area contributed by atoms with Crippen molar-refractivity contribution in [2.75, 3.05) is 11.5 Å². The normalized spacial score (nSPS) is 31.3. The summed E-state index contributed by atoms with van der Waals surface area (Å²) in [7, 11) is -1.09. The maximum atomic E-state index is 11.5. The van der Waals surface area contributed by atoms with E-state index in [1.165, 1.54) is 6.26 Å².